The number of anilines is 6. The lowest BCUT2D eigenvalue weighted by molar-refractivity contribution is 0.0214. The maximum Gasteiger partial charge on any atom is 0.340 e. The van der Waals surface area contributed by atoms with Crippen molar-refractivity contribution in [3.63, 3.8) is 0 Å². The summed E-state index contributed by atoms with van der Waals surface area (Å²) in [5, 5.41) is 0. The number of hydrogen-bond donors (Lipinski definition) is 0. The number of hydrogen-bond acceptors (Lipinski definition) is 10. The van der Waals surface area contributed by atoms with Crippen molar-refractivity contribution in [2.75, 3.05) is 59.9 Å². The van der Waals surface area contributed by atoms with Gasteiger partial charge in [-0.15, -0.1) is 0 Å². The van der Waals surface area contributed by atoms with Crippen molar-refractivity contribution in [2.24, 2.45) is 0 Å². The Morgan fingerprint density at radius 2 is 0.766 bits per heavy atom. The molecular formula is C67H64N4O6. The molecule has 77 heavy (non-hydrogen) atoms. The standard InChI is InChI=1S/C67H64N4O6/c1-11-70(12-2)47-31-33-53-61(37-47)74-59-35-41(5)57(39-55(59)66(53)51-21-17-15-19-49(51)63(72)76-66)68(9)45-27-23-43(24-28-45)65(7,8)44-25-29-46(30-26-44)69(10)58-40-56-60(36-42(58)6)75-62-38-48(71(13-3)14-4)32-34-54(62)67(56)52-22-18-16-20-50(52)64(73)77-67/h15-40H,11-14H2,1-10H3. The van der Waals surface area contributed by atoms with E-state index in [0.29, 0.717) is 34.1 Å². The van der Waals surface area contributed by atoms with E-state index >= 15 is 0 Å². The number of rotatable bonds is 12. The lowest BCUT2D eigenvalue weighted by Crippen LogP contribution is -2.33. The Morgan fingerprint density at radius 1 is 0.416 bits per heavy atom. The van der Waals surface area contributed by atoms with Crippen molar-refractivity contribution in [1.29, 1.82) is 0 Å². The summed E-state index contributed by atoms with van der Waals surface area (Å²) in [5.74, 6) is 2.00. The highest BCUT2D eigenvalue weighted by Gasteiger charge is 2.55. The molecule has 10 heteroatoms. The van der Waals surface area contributed by atoms with Crippen LogP contribution in [0.15, 0.2) is 158 Å². The summed E-state index contributed by atoms with van der Waals surface area (Å²) in [6, 6.07) is 53.9. The Bertz CT molecular complexity index is 3450. The van der Waals surface area contributed by atoms with Crippen LogP contribution >= 0.6 is 0 Å². The lowest BCUT2D eigenvalue weighted by atomic mass is 9.77. The maximum atomic E-state index is 13.8. The molecule has 0 aromatic heterocycles. The predicted molar refractivity (Wildman–Crippen MR) is 307 cm³/mol. The molecule has 2 spiro atoms. The topological polar surface area (TPSA) is 84.0 Å². The van der Waals surface area contributed by atoms with E-state index in [-0.39, 0.29) is 17.4 Å². The van der Waals surface area contributed by atoms with Gasteiger partial charge in [0.05, 0.1) is 11.1 Å². The van der Waals surface area contributed by atoms with E-state index in [1.165, 1.54) is 11.1 Å². The largest absolute Gasteiger partial charge is 0.456 e. The third-order valence-corrected chi connectivity index (χ3v) is 17.0. The molecule has 0 amide bonds. The van der Waals surface area contributed by atoms with Gasteiger partial charge in [0.15, 0.2) is 11.2 Å². The average molecular weight is 1020 g/mol. The highest BCUT2D eigenvalue weighted by atomic mass is 16.6. The molecule has 388 valence electrons. The van der Waals surface area contributed by atoms with Crippen LogP contribution in [0.2, 0.25) is 0 Å². The Morgan fingerprint density at radius 3 is 1.14 bits per heavy atom. The van der Waals surface area contributed by atoms with E-state index in [4.69, 9.17) is 18.9 Å². The van der Waals surface area contributed by atoms with Crippen molar-refractivity contribution >= 4 is 46.1 Å². The molecule has 0 saturated heterocycles. The Balaban J connectivity index is 0.831. The van der Waals surface area contributed by atoms with Gasteiger partial charge in [0.2, 0.25) is 0 Å². The number of aryl methyl sites for hydroxylation is 2. The van der Waals surface area contributed by atoms with E-state index in [9.17, 15) is 9.59 Å². The molecule has 0 fully saturated rings. The monoisotopic (exact) mass is 1020 g/mol. The second-order valence-electron chi connectivity index (χ2n) is 21.2. The molecule has 8 aromatic carbocycles. The predicted octanol–water partition coefficient (Wildman–Crippen LogP) is 15.0. The quantitative estimate of drug-likeness (QED) is 0.110. The molecule has 2 atom stereocenters. The van der Waals surface area contributed by atoms with Gasteiger partial charge in [-0.2, -0.15) is 0 Å². The molecule has 0 radical (unpaired) electrons. The van der Waals surface area contributed by atoms with E-state index in [2.05, 4.69) is 198 Å². The zero-order valence-electron chi connectivity index (χ0n) is 45.6. The second kappa shape index (κ2) is 18.4. The number of fused-ring (bicyclic) bond motifs is 12. The minimum absolute atomic E-state index is 0.332. The van der Waals surface area contributed by atoms with Crippen LogP contribution in [0.4, 0.5) is 34.1 Å². The van der Waals surface area contributed by atoms with Crippen LogP contribution in [-0.4, -0.2) is 52.2 Å². The third kappa shape index (κ3) is 7.42. The summed E-state index contributed by atoms with van der Waals surface area (Å²) < 4.78 is 26.7. The zero-order valence-corrected chi connectivity index (χ0v) is 45.6. The normalized spacial score (nSPS) is 17.2. The van der Waals surface area contributed by atoms with Gasteiger partial charge in [-0.1, -0.05) is 74.5 Å². The first-order valence-electron chi connectivity index (χ1n) is 27.0. The lowest BCUT2D eigenvalue weighted by Gasteiger charge is -2.38. The summed E-state index contributed by atoms with van der Waals surface area (Å²) in [5.41, 5.74) is 13.7. The Labute approximate surface area is 452 Å². The van der Waals surface area contributed by atoms with Gasteiger partial charge < -0.3 is 38.5 Å². The van der Waals surface area contributed by atoms with E-state index in [1.54, 1.807) is 0 Å². The van der Waals surface area contributed by atoms with Gasteiger partial charge in [0.25, 0.3) is 0 Å². The van der Waals surface area contributed by atoms with Crippen LogP contribution in [0.3, 0.4) is 0 Å². The van der Waals surface area contributed by atoms with Crippen molar-refractivity contribution < 1.29 is 28.5 Å². The molecule has 12 rings (SSSR count). The minimum atomic E-state index is -1.18. The number of esters is 2. The molecule has 0 aliphatic carbocycles. The van der Waals surface area contributed by atoms with Crippen molar-refractivity contribution in [1.82, 2.24) is 0 Å². The van der Waals surface area contributed by atoms with Gasteiger partial charge in [-0.05, 0) is 149 Å². The third-order valence-electron chi connectivity index (χ3n) is 17.0. The highest BCUT2D eigenvalue weighted by Crippen LogP contribution is 2.60. The number of nitrogens with zero attached hydrogens (tertiary/aromatic N) is 4. The first-order chi connectivity index (χ1) is 37.2. The van der Waals surface area contributed by atoms with Crippen molar-refractivity contribution in [3.05, 3.63) is 224 Å². The van der Waals surface area contributed by atoms with Crippen LogP contribution in [0.1, 0.15) is 118 Å². The molecule has 4 aliphatic rings. The van der Waals surface area contributed by atoms with Gasteiger partial charge in [0.1, 0.15) is 23.0 Å². The fourth-order valence-corrected chi connectivity index (χ4v) is 12.5. The minimum Gasteiger partial charge on any atom is -0.456 e. The van der Waals surface area contributed by atoms with Crippen molar-refractivity contribution in [2.45, 2.75) is 72.0 Å². The zero-order chi connectivity index (χ0) is 53.7. The number of carbonyl (C=O) groups is 2. The summed E-state index contributed by atoms with van der Waals surface area (Å²) in [6.07, 6.45) is 0. The molecule has 0 N–H and O–H groups in total. The molecule has 10 nitrogen and oxygen atoms in total. The Hall–Kier alpha value is -8.50. The van der Waals surface area contributed by atoms with Crippen LogP contribution < -0.4 is 29.1 Å². The van der Waals surface area contributed by atoms with Gasteiger partial charge in [-0.25, -0.2) is 9.59 Å². The first-order valence-corrected chi connectivity index (χ1v) is 27.0. The molecule has 0 saturated carbocycles. The fraction of sp³-hybridized carbons (Fsp3) is 0.254. The van der Waals surface area contributed by atoms with Crippen molar-refractivity contribution in [3.8, 4) is 23.0 Å². The first kappa shape index (κ1) is 49.4. The van der Waals surface area contributed by atoms with Crippen LogP contribution in [0.5, 0.6) is 23.0 Å². The SMILES string of the molecule is CCN(CC)c1ccc2c(c1)Oc1cc(C)c(N(C)c3ccc(C(C)(C)c4ccc(N(C)c5cc6c(cc5C)Oc5cc(N(CC)CC)ccc5C65OC(=O)c6ccccc65)cc4)cc3)cc1C21OC(=O)c2ccccc21. The second-order valence-corrected chi connectivity index (χ2v) is 21.2. The summed E-state index contributed by atoms with van der Waals surface area (Å²) in [6.45, 7) is 20.7. The Kier molecular flexibility index (Phi) is 11.8. The fourth-order valence-electron chi connectivity index (χ4n) is 12.5. The van der Waals surface area contributed by atoms with E-state index in [1.807, 2.05) is 48.5 Å². The smallest absolute Gasteiger partial charge is 0.340 e. The molecular weight excluding hydrogens is 957 g/mol. The molecule has 4 heterocycles. The number of ether oxygens (including phenoxy) is 4. The molecule has 4 aliphatic heterocycles. The maximum absolute atomic E-state index is 13.8. The summed E-state index contributed by atoms with van der Waals surface area (Å²) in [4.78, 5) is 36.5. The number of benzene rings is 8. The number of carbonyl (C=O) groups excluding carboxylic acids is 2. The summed E-state index contributed by atoms with van der Waals surface area (Å²) >= 11 is 0. The molecule has 0 bridgehead atoms. The average Bonchev–Trinajstić information content (AvgIpc) is 4.13. The molecule has 8 aromatic rings. The highest BCUT2D eigenvalue weighted by molar-refractivity contribution is 5.98. The van der Waals surface area contributed by atoms with E-state index < -0.39 is 11.2 Å². The molecule has 2 unspecified atom stereocenters. The van der Waals surface area contributed by atoms with E-state index in [0.717, 1.165) is 105 Å². The van der Waals surface area contributed by atoms with Gasteiger partial charge in [0, 0.05) is 125 Å². The summed E-state index contributed by atoms with van der Waals surface area (Å²) in [7, 11) is 4.16. The van der Waals surface area contributed by atoms with Crippen LogP contribution in [0.25, 0.3) is 0 Å². The van der Waals surface area contributed by atoms with Crippen LogP contribution in [0, 0.1) is 13.8 Å². The van der Waals surface area contributed by atoms with Gasteiger partial charge >= 0.3 is 11.9 Å². The van der Waals surface area contributed by atoms with Gasteiger partial charge in [-0.3, -0.25) is 0 Å². The van der Waals surface area contributed by atoms with Crippen LogP contribution in [-0.2, 0) is 26.1 Å².